The molecule has 3 N–H and O–H groups in total. The molecule has 1 heterocycles. The molecule has 0 aliphatic rings. The van der Waals surface area contributed by atoms with Gasteiger partial charge in [-0.05, 0) is 0 Å². The van der Waals surface area contributed by atoms with E-state index in [9.17, 15) is 9.59 Å². The molecule has 1 rings (SSSR count). The van der Waals surface area contributed by atoms with Crippen molar-refractivity contribution >= 4 is 5.91 Å². The van der Waals surface area contributed by atoms with E-state index >= 15 is 0 Å². The minimum atomic E-state index is -0.322. The Morgan fingerprint density at radius 2 is 2.38 bits per heavy atom. The molecule has 1 aromatic rings. The molecule has 6 heteroatoms. The highest BCUT2D eigenvalue weighted by molar-refractivity contribution is 5.75. The second kappa shape index (κ2) is 4.44. The van der Waals surface area contributed by atoms with Gasteiger partial charge in [0.05, 0.1) is 0 Å². The predicted octanol–water partition coefficient (Wildman–Crippen LogP) is -0.833. The monoisotopic (exact) mass is 184 g/mol. The van der Waals surface area contributed by atoms with E-state index in [4.69, 9.17) is 0 Å². The van der Waals surface area contributed by atoms with Crippen molar-refractivity contribution in [3.63, 3.8) is 0 Å². The third kappa shape index (κ3) is 3.10. The number of hydrogen-bond acceptors (Lipinski definition) is 3. The summed E-state index contributed by atoms with van der Waals surface area (Å²) in [7, 11) is 0. The Balaban J connectivity index is 2.28. The van der Waals surface area contributed by atoms with Gasteiger partial charge in [0.2, 0.25) is 5.91 Å². The van der Waals surface area contributed by atoms with E-state index in [1.807, 2.05) is 0 Å². The quantitative estimate of drug-likeness (QED) is 0.570. The van der Waals surface area contributed by atoms with Gasteiger partial charge in [0.25, 0.3) is 0 Å². The second-order valence-corrected chi connectivity index (χ2v) is 2.58. The number of rotatable bonds is 4. The van der Waals surface area contributed by atoms with Gasteiger partial charge in [0.15, 0.2) is 0 Å². The van der Waals surface area contributed by atoms with Crippen molar-refractivity contribution in [2.75, 3.05) is 6.54 Å². The smallest absolute Gasteiger partial charge is 0.340 e. The van der Waals surface area contributed by atoms with Crippen LogP contribution in [0.25, 0.3) is 0 Å². The predicted molar refractivity (Wildman–Crippen MR) is 46.2 cm³/mol. The fourth-order valence-corrected chi connectivity index (χ4v) is 0.869. The van der Waals surface area contributed by atoms with Gasteiger partial charge >= 0.3 is 5.69 Å². The minimum absolute atomic E-state index is 0.00196. The Kier molecular flexibility index (Phi) is 3.24. The molecule has 0 aliphatic carbocycles. The van der Waals surface area contributed by atoms with Gasteiger partial charge in [0, 0.05) is 19.4 Å². The molecule has 0 fully saturated rings. The fraction of sp³-hybridized carbons (Fsp3) is 0.571. The SMILES string of the molecule is CCC(=O)NCCc1n[nH]c(=O)[nH]1. The van der Waals surface area contributed by atoms with E-state index in [0.717, 1.165) is 0 Å². The molecule has 0 radical (unpaired) electrons. The lowest BCUT2D eigenvalue weighted by atomic mass is 10.4. The van der Waals surface area contributed by atoms with Crippen molar-refractivity contribution in [1.82, 2.24) is 20.5 Å². The van der Waals surface area contributed by atoms with Crippen LogP contribution in [0.2, 0.25) is 0 Å². The maximum Gasteiger partial charge on any atom is 0.340 e. The Morgan fingerprint density at radius 1 is 1.62 bits per heavy atom. The van der Waals surface area contributed by atoms with E-state index in [2.05, 4.69) is 20.5 Å². The van der Waals surface area contributed by atoms with E-state index in [-0.39, 0.29) is 11.6 Å². The molecule has 0 bridgehead atoms. The lowest BCUT2D eigenvalue weighted by Crippen LogP contribution is -2.24. The summed E-state index contributed by atoms with van der Waals surface area (Å²) in [5.74, 6) is 0.555. The van der Waals surface area contributed by atoms with Crippen LogP contribution >= 0.6 is 0 Å². The van der Waals surface area contributed by atoms with Crippen molar-refractivity contribution in [2.24, 2.45) is 0 Å². The lowest BCUT2D eigenvalue weighted by Gasteiger charge is -1.99. The first-order valence-electron chi connectivity index (χ1n) is 4.12. The Bertz CT molecular complexity index is 327. The first kappa shape index (κ1) is 9.50. The number of carbonyl (C=O) groups excluding carboxylic acids is 1. The summed E-state index contributed by atoms with van der Waals surface area (Å²) in [5, 5.41) is 8.62. The average molecular weight is 184 g/mol. The van der Waals surface area contributed by atoms with Crippen LogP contribution in [0.5, 0.6) is 0 Å². The van der Waals surface area contributed by atoms with Crippen LogP contribution in [0, 0.1) is 0 Å². The van der Waals surface area contributed by atoms with E-state index in [0.29, 0.717) is 25.2 Å². The molecule has 1 amide bonds. The lowest BCUT2D eigenvalue weighted by molar-refractivity contribution is -0.120. The maximum absolute atomic E-state index is 10.8. The summed E-state index contributed by atoms with van der Waals surface area (Å²) in [4.78, 5) is 23.9. The number of nitrogens with one attached hydrogen (secondary N) is 3. The van der Waals surface area contributed by atoms with Crippen LogP contribution in [0.3, 0.4) is 0 Å². The average Bonchev–Trinajstić information content (AvgIpc) is 2.51. The van der Waals surface area contributed by atoms with Crippen molar-refractivity contribution in [3.05, 3.63) is 16.3 Å². The third-order valence-corrected chi connectivity index (χ3v) is 1.56. The van der Waals surface area contributed by atoms with Gasteiger partial charge in [-0.25, -0.2) is 9.89 Å². The number of carbonyl (C=O) groups is 1. The highest BCUT2D eigenvalue weighted by Crippen LogP contribution is 1.83. The van der Waals surface area contributed by atoms with Gasteiger partial charge in [-0.3, -0.25) is 9.78 Å². The number of aromatic nitrogens is 3. The number of nitrogens with zero attached hydrogens (tertiary/aromatic N) is 1. The summed E-state index contributed by atoms with van der Waals surface area (Å²) in [6.45, 7) is 2.28. The van der Waals surface area contributed by atoms with Crippen LogP contribution in [-0.2, 0) is 11.2 Å². The standard InChI is InChI=1S/C7H12N4O2/c1-2-6(12)8-4-3-5-9-7(13)11-10-5/h2-4H2,1H3,(H,8,12)(H2,9,10,11,13). The van der Waals surface area contributed by atoms with Gasteiger partial charge in [0.1, 0.15) is 5.82 Å². The summed E-state index contributed by atoms with van der Waals surface area (Å²) in [6.07, 6.45) is 1.00. The van der Waals surface area contributed by atoms with E-state index in [1.54, 1.807) is 6.92 Å². The number of aromatic amines is 2. The van der Waals surface area contributed by atoms with E-state index < -0.39 is 0 Å². The summed E-state index contributed by atoms with van der Waals surface area (Å²) in [6, 6.07) is 0. The van der Waals surface area contributed by atoms with E-state index in [1.165, 1.54) is 0 Å². The third-order valence-electron chi connectivity index (χ3n) is 1.56. The number of H-pyrrole nitrogens is 2. The Labute approximate surface area is 74.7 Å². The molecule has 0 saturated heterocycles. The summed E-state index contributed by atoms with van der Waals surface area (Å²) in [5.41, 5.74) is -0.322. The minimum Gasteiger partial charge on any atom is -0.356 e. The van der Waals surface area contributed by atoms with Crippen molar-refractivity contribution in [3.8, 4) is 0 Å². The van der Waals surface area contributed by atoms with Crippen molar-refractivity contribution < 1.29 is 4.79 Å². The zero-order chi connectivity index (χ0) is 9.68. The van der Waals surface area contributed by atoms with Crippen LogP contribution < -0.4 is 11.0 Å². The molecule has 0 aliphatic heterocycles. The molecule has 72 valence electrons. The van der Waals surface area contributed by atoms with Crippen LogP contribution in [0.4, 0.5) is 0 Å². The molecule has 0 aromatic carbocycles. The number of amides is 1. The topological polar surface area (TPSA) is 90.6 Å². The Morgan fingerprint density at radius 3 is 2.92 bits per heavy atom. The normalized spacial score (nSPS) is 9.92. The van der Waals surface area contributed by atoms with Crippen LogP contribution in [0.15, 0.2) is 4.79 Å². The molecular formula is C7H12N4O2. The summed E-state index contributed by atoms with van der Waals surface area (Å²) >= 11 is 0. The molecule has 13 heavy (non-hydrogen) atoms. The molecule has 6 nitrogen and oxygen atoms in total. The highest BCUT2D eigenvalue weighted by Gasteiger charge is 1.99. The van der Waals surface area contributed by atoms with Gasteiger partial charge in [-0.1, -0.05) is 6.92 Å². The van der Waals surface area contributed by atoms with Gasteiger partial charge < -0.3 is 5.32 Å². The molecule has 0 saturated carbocycles. The zero-order valence-electron chi connectivity index (χ0n) is 7.39. The maximum atomic E-state index is 10.8. The first-order chi connectivity index (χ1) is 6.22. The number of hydrogen-bond donors (Lipinski definition) is 3. The Hall–Kier alpha value is -1.59. The molecule has 0 spiro atoms. The molecule has 0 atom stereocenters. The first-order valence-corrected chi connectivity index (χ1v) is 4.12. The molecular weight excluding hydrogens is 172 g/mol. The van der Waals surface area contributed by atoms with Crippen molar-refractivity contribution in [2.45, 2.75) is 19.8 Å². The highest BCUT2D eigenvalue weighted by atomic mass is 16.2. The molecule has 1 aromatic heterocycles. The largest absolute Gasteiger partial charge is 0.356 e. The fourth-order valence-electron chi connectivity index (χ4n) is 0.869. The van der Waals surface area contributed by atoms with Gasteiger partial charge in [-0.2, -0.15) is 5.10 Å². The van der Waals surface area contributed by atoms with Crippen LogP contribution in [-0.4, -0.2) is 27.6 Å². The van der Waals surface area contributed by atoms with Crippen LogP contribution in [0.1, 0.15) is 19.2 Å². The van der Waals surface area contributed by atoms with Gasteiger partial charge in [-0.15, -0.1) is 0 Å². The van der Waals surface area contributed by atoms with Crippen molar-refractivity contribution in [1.29, 1.82) is 0 Å². The second-order valence-electron chi connectivity index (χ2n) is 2.58. The zero-order valence-corrected chi connectivity index (χ0v) is 7.39. The molecule has 0 unspecified atom stereocenters. The summed E-state index contributed by atoms with van der Waals surface area (Å²) < 4.78 is 0.